The molecule has 0 atom stereocenters. The van der Waals surface area contributed by atoms with E-state index in [1.165, 1.54) is 44.1 Å². The minimum atomic E-state index is -0.167. The third kappa shape index (κ3) is 7.89. The first-order valence-corrected chi connectivity index (χ1v) is 6.48. The van der Waals surface area contributed by atoms with Crippen LogP contribution in [0.5, 0.6) is 0 Å². The average Bonchev–Trinajstić information content (AvgIpc) is 2.29. The first kappa shape index (κ1) is 15.7. The van der Waals surface area contributed by atoms with Gasteiger partial charge in [-0.1, -0.05) is 45.1 Å². The van der Waals surface area contributed by atoms with Crippen molar-refractivity contribution in [3.8, 4) is 0 Å². The number of unbranched alkanes of at least 4 members (excludes halogenated alkanes) is 6. The lowest BCUT2D eigenvalue weighted by molar-refractivity contribution is -0.0748. The van der Waals surface area contributed by atoms with Gasteiger partial charge in [-0.05, 0) is 25.3 Å². The van der Waals surface area contributed by atoms with Gasteiger partial charge in [0, 0.05) is 14.2 Å². The van der Waals surface area contributed by atoms with Crippen LogP contribution >= 0.6 is 0 Å². The van der Waals surface area contributed by atoms with Crippen molar-refractivity contribution in [1.82, 2.24) is 0 Å². The zero-order valence-corrected chi connectivity index (χ0v) is 11.4. The van der Waals surface area contributed by atoms with Crippen molar-refractivity contribution in [2.45, 2.75) is 65.1 Å². The van der Waals surface area contributed by atoms with Gasteiger partial charge in [-0.15, -0.1) is 0 Å². The van der Waals surface area contributed by atoms with E-state index in [4.69, 9.17) is 9.47 Å². The van der Waals surface area contributed by atoms with Gasteiger partial charge >= 0.3 is 0 Å². The van der Waals surface area contributed by atoms with E-state index in [9.17, 15) is 0 Å². The predicted molar refractivity (Wildman–Crippen MR) is 69.6 cm³/mol. The number of ether oxygens (including phenoxy) is 2. The fraction of sp³-hybridized carbons (Fsp3) is 0.857. The second-order valence-corrected chi connectivity index (χ2v) is 4.31. The molecule has 0 bridgehead atoms. The van der Waals surface area contributed by atoms with Crippen LogP contribution in [0.2, 0.25) is 0 Å². The van der Waals surface area contributed by atoms with Crippen molar-refractivity contribution in [3.05, 3.63) is 11.6 Å². The lowest BCUT2D eigenvalue weighted by atomic mass is 10.1. The number of allylic oxidation sites excluding steroid dienone is 1. The lowest BCUT2D eigenvalue weighted by Crippen LogP contribution is -2.14. The minimum Gasteiger partial charge on any atom is -0.352 e. The van der Waals surface area contributed by atoms with Gasteiger partial charge in [0.25, 0.3) is 0 Å². The second-order valence-electron chi connectivity index (χ2n) is 4.31. The Morgan fingerprint density at radius 2 is 1.56 bits per heavy atom. The summed E-state index contributed by atoms with van der Waals surface area (Å²) >= 11 is 0. The summed E-state index contributed by atoms with van der Waals surface area (Å²) < 4.78 is 10.4. The number of methoxy groups -OCH3 is 2. The summed E-state index contributed by atoms with van der Waals surface area (Å²) in [5, 5.41) is 0. The standard InChI is InChI=1S/C14H28O2/c1-5-6-7-8-9-10-11-12-13(2)14(15-3)16-4/h12,14H,5-11H2,1-4H3. The van der Waals surface area contributed by atoms with Gasteiger partial charge in [-0.2, -0.15) is 0 Å². The van der Waals surface area contributed by atoms with Crippen LogP contribution in [-0.4, -0.2) is 20.5 Å². The predicted octanol–water partition coefficient (Wildman–Crippen LogP) is 4.30. The first-order valence-electron chi connectivity index (χ1n) is 6.48. The van der Waals surface area contributed by atoms with Crippen LogP contribution in [0.25, 0.3) is 0 Å². The van der Waals surface area contributed by atoms with E-state index >= 15 is 0 Å². The smallest absolute Gasteiger partial charge is 0.178 e. The Hall–Kier alpha value is -0.340. The first-order chi connectivity index (χ1) is 7.76. The van der Waals surface area contributed by atoms with Crippen LogP contribution in [-0.2, 0) is 9.47 Å². The fourth-order valence-corrected chi connectivity index (χ4v) is 1.82. The van der Waals surface area contributed by atoms with Crippen LogP contribution in [0, 0.1) is 0 Å². The lowest BCUT2D eigenvalue weighted by Gasteiger charge is -2.13. The SMILES string of the molecule is CCCCCCCCC=C(C)C(OC)OC. The summed E-state index contributed by atoms with van der Waals surface area (Å²) in [6.45, 7) is 4.32. The molecule has 0 rings (SSSR count). The van der Waals surface area contributed by atoms with E-state index in [0.717, 1.165) is 6.42 Å². The normalized spacial score (nSPS) is 12.4. The van der Waals surface area contributed by atoms with Gasteiger partial charge in [-0.3, -0.25) is 0 Å². The van der Waals surface area contributed by atoms with Crippen molar-refractivity contribution in [2.24, 2.45) is 0 Å². The van der Waals surface area contributed by atoms with Gasteiger partial charge in [-0.25, -0.2) is 0 Å². The third-order valence-corrected chi connectivity index (χ3v) is 2.82. The maximum Gasteiger partial charge on any atom is 0.178 e. The Bertz CT molecular complexity index is 172. The maximum atomic E-state index is 5.18. The van der Waals surface area contributed by atoms with Gasteiger partial charge in [0.1, 0.15) is 0 Å². The van der Waals surface area contributed by atoms with E-state index < -0.39 is 0 Å². The van der Waals surface area contributed by atoms with E-state index in [2.05, 4.69) is 19.9 Å². The molecule has 0 aliphatic carbocycles. The highest BCUT2D eigenvalue weighted by Crippen LogP contribution is 2.11. The minimum absolute atomic E-state index is 0.167. The van der Waals surface area contributed by atoms with Crippen molar-refractivity contribution in [3.63, 3.8) is 0 Å². The van der Waals surface area contributed by atoms with Crippen LogP contribution in [0.4, 0.5) is 0 Å². The Balaban J connectivity index is 3.51. The summed E-state index contributed by atoms with van der Waals surface area (Å²) in [6, 6.07) is 0. The van der Waals surface area contributed by atoms with Crippen LogP contribution in [0.3, 0.4) is 0 Å². The van der Waals surface area contributed by atoms with Gasteiger partial charge in [0.05, 0.1) is 0 Å². The summed E-state index contributed by atoms with van der Waals surface area (Å²) in [5.41, 5.74) is 1.18. The number of hydrogen-bond acceptors (Lipinski definition) is 2. The molecule has 0 unspecified atom stereocenters. The molecule has 0 radical (unpaired) electrons. The Kier molecular flexibility index (Phi) is 10.9. The molecule has 0 aliphatic heterocycles. The summed E-state index contributed by atoms with van der Waals surface area (Å²) in [7, 11) is 3.35. The summed E-state index contributed by atoms with van der Waals surface area (Å²) in [6.07, 6.45) is 11.3. The monoisotopic (exact) mass is 228 g/mol. The van der Waals surface area contributed by atoms with Crippen LogP contribution < -0.4 is 0 Å². The average molecular weight is 228 g/mol. The topological polar surface area (TPSA) is 18.5 Å². The molecule has 0 aliphatic rings. The van der Waals surface area contributed by atoms with E-state index in [1.807, 2.05) is 0 Å². The molecular weight excluding hydrogens is 200 g/mol. The summed E-state index contributed by atoms with van der Waals surface area (Å²) in [5.74, 6) is 0. The van der Waals surface area contributed by atoms with Crippen LogP contribution in [0.15, 0.2) is 11.6 Å². The molecule has 0 N–H and O–H groups in total. The molecular formula is C14H28O2. The van der Waals surface area contributed by atoms with Gasteiger partial charge in [0.15, 0.2) is 6.29 Å². The molecule has 0 amide bonds. The van der Waals surface area contributed by atoms with E-state index in [0.29, 0.717) is 0 Å². The zero-order chi connectivity index (χ0) is 12.2. The second kappa shape index (κ2) is 11.2. The molecule has 0 heterocycles. The largest absolute Gasteiger partial charge is 0.352 e. The molecule has 2 heteroatoms. The highest BCUT2D eigenvalue weighted by atomic mass is 16.7. The molecule has 0 aromatic heterocycles. The fourth-order valence-electron chi connectivity index (χ4n) is 1.82. The highest BCUT2D eigenvalue weighted by molar-refractivity contribution is 5.01. The number of hydrogen-bond donors (Lipinski definition) is 0. The van der Waals surface area contributed by atoms with Crippen molar-refractivity contribution in [1.29, 1.82) is 0 Å². The highest BCUT2D eigenvalue weighted by Gasteiger charge is 2.05. The molecule has 0 aromatic carbocycles. The van der Waals surface area contributed by atoms with Crippen molar-refractivity contribution >= 4 is 0 Å². The van der Waals surface area contributed by atoms with Gasteiger partial charge in [0.2, 0.25) is 0 Å². The molecule has 0 fully saturated rings. The Morgan fingerprint density at radius 3 is 2.12 bits per heavy atom. The molecule has 16 heavy (non-hydrogen) atoms. The molecule has 0 saturated heterocycles. The Morgan fingerprint density at radius 1 is 1.00 bits per heavy atom. The molecule has 2 nitrogen and oxygen atoms in total. The zero-order valence-electron chi connectivity index (χ0n) is 11.4. The van der Waals surface area contributed by atoms with E-state index in [1.54, 1.807) is 14.2 Å². The maximum absolute atomic E-state index is 5.18. The molecule has 0 saturated carbocycles. The van der Waals surface area contributed by atoms with Crippen LogP contribution in [0.1, 0.15) is 58.8 Å². The molecule has 96 valence electrons. The van der Waals surface area contributed by atoms with Crippen molar-refractivity contribution in [2.75, 3.05) is 14.2 Å². The third-order valence-electron chi connectivity index (χ3n) is 2.82. The number of rotatable bonds is 10. The van der Waals surface area contributed by atoms with Gasteiger partial charge < -0.3 is 9.47 Å². The molecule has 0 spiro atoms. The van der Waals surface area contributed by atoms with E-state index in [-0.39, 0.29) is 6.29 Å². The van der Waals surface area contributed by atoms with Crippen molar-refractivity contribution < 1.29 is 9.47 Å². The Labute approximate surface area is 101 Å². The molecule has 0 aromatic rings. The summed E-state index contributed by atoms with van der Waals surface area (Å²) in [4.78, 5) is 0. The quantitative estimate of drug-likeness (QED) is 0.315.